The van der Waals surface area contributed by atoms with Crippen molar-refractivity contribution in [1.82, 2.24) is 0 Å². The lowest BCUT2D eigenvalue weighted by Crippen LogP contribution is -2.13. The zero-order chi connectivity index (χ0) is 19.9. The number of amides is 1. The molecule has 2 aromatic rings. The lowest BCUT2D eigenvalue weighted by molar-refractivity contribution is 0.0974. The van der Waals surface area contributed by atoms with Gasteiger partial charge in [0, 0.05) is 23.2 Å². The highest BCUT2D eigenvalue weighted by molar-refractivity contribution is 6.05. The van der Waals surface area contributed by atoms with Crippen molar-refractivity contribution in [2.75, 3.05) is 5.32 Å². The minimum Gasteiger partial charge on any atom is -0.508 e. The van der Waals surface area contributed by atoms with Gasteiger partial charge in [-0.15, -0.1) is 0 Å². The van der Waals surface area contributed by atoms with Crippen molar-refractivity contribution < 1.29 is 14.7 Å². The third kappa shape index (κ3) is 5.44. The normalized spacial score (nSPS) is 14.6. The molecule has 4 nitrogen and oxygen atoms in total. The lowest BCUT2D eigenvalue weighted by Gasteiger charge is -2.21. The molecule has 28 heavy (non-hydrogen) atoms. The highest BCUT2D eigenvalue weighted by Gasteiger charge is 2.15. The predicted molar refractivity (Wildman–Crippen MR) is 112 cm³/mol. The summed E-state index contributed by atoms with van der Waals surface area (Å²) >= 11 is 0. The SMILES string of the molecule is Cc1ccc(C(=O)CCCC2CCCCC2)cc1NC(=O)c1ccc(O)cc1. The summed E-state index contributed by atoms with van der Waals surface area (Å²) < 4.78 is 0. The van der Waals surface area contributed by atoms with E-state index < -0.39 is 0 Å². The van der Waals surface area contributed by atoms with E-state index in [1.807, 2.05) is 19.1 Å². The third-order valence-electron chi connectivity index (χ3n) is 5.68. The largest absolute Gasteiger partial charge is 0.508 e. The van der Waals surface area contributed by atoms with Crippen LogP contribution in [0.2, 0.25) is 0 Å². The summed E-state index contributed by atoms with van der Waals surface area (Å²) in [6, 6.07) is 11.6. The molecule has 1 fully saturated rings. The number of hydrogen-bond acceptors (Lipinski definition) is 3. The van der Waals surface area contributed by atoms with Crippen molar-refractivity contribution in [3.63, 3.8) is 0 Å². The Morgan fingerprint density at radius 2 is 1.68 bits per heavy atom. The minimum atomic E-state index is -0.259. The Morgan fingerprint density at radius 3 is 2.39 bits per heavy atom. The molecule has 1 aliphatic carbocycles. The quantitative estimate of drug-likeness (QED) is 0.590. The van der Waals surface area contributed by atoms with Gasteiger partial charge in [-0.05, 0) is 55.2 Å². The van der Waals surface area contributed by atoms with Crippen LogP contribution in [0.4, 0.5) is 5.69 Å². The van der Waals surface area contributed by atoms with Gasteiger partial charge in [-0.25, -0.2) is 0 Å². The van der Waals surface area contributed by atoms with Crippen molar-refractivity contribution in [1.29, 1.82) is 0 Å². The van der Waals surface area contributed by atoms with Crippen molar-refractivity contribution in [2.45, 2.75) is 58.3 Å². The predicted octanol–water partition coefficient (Wildman–Crippen LogP) is 5.89. The topological polar surface area (TPSA) is 66.4 Å². The first kappa shape index (κ1) is 20.1. The van der Waals surface area contributed by atoms with Gasteiger partial charge in [-0.2, -0.15) is 0 Å². The molecule has 3 rings (SSSR count). The number of anilines is 1. The van der Waals surface area contributed by atoms with Gasteiger partial charge < -0.3 is 10.4 Å². The van der Waals surface area contributed by atoms with Crippen LogP contribution in [-0.4, -0.2) is 16.8 Å². The molecule has 1 aliphatic rings. The molecule has 0 radical (unpaired) electrons. The Bertz CT molecular complexity index is 820. The number of ketones is 1. The summed E-state index contributed by atoms with van der Waals surface area (Å²) in [4.78, 5) is 25.0. The number of aryl methyl sites for hydroxylation is 1. The van der Waals surface area contributed by atoms with Gasteiger partial charge in [0.1, 0.15) is 5.75 Å². The van der Waals surface area contributed by atoms with Crippen LogP contribution in [0.15, 0.2) is 42.5 Å². The van der Waals surface area contributed by atoms with E-state index in [1.165, 1.54) is 44.2 Å². The number of hydrogen-bond donors (Lipinski definition) is 2. The van der Waals surface area contributed by atoms with Gasteiger partial charge >= 0.3 is 0 Å². The standard InChI is InChI=1S/C24H29NO3/c1-17-10-11-20(23(27)9-5-8-18-6-3-2-4-7-18)16-22(17)25-24(28)19-12-14-21(26)15-13-19/h10-16,18,26H,2-9H2,1H3,(H,25,28). The number of carbonyl (C=O) groups excluding carboxylic acids is 2. The van der Waals surface area contributed by atoms with Gasteiger partial charge in [0.15, 0.2) is 5.78 Å². The first-order valence-corrected chi connectivity index (χ1v) is 10.3. The first-order valence-electron chi connectivity index (χ1n) is 10.3. The summed E-state index contributed by atoms with van der Waals surface area (Å²) in [5.41, 5.74) is 2.67. The zero-order valence-electron chi connectivity index (χ0n) is 16.5. The number of phenols is 1. The number of nitrogens with one attached hydrogen (secondary N) is 1. The minimum absolute atomic E-state index is 0.119. The second kappa shape index (κ2) is 9.54. The second-order valence-corrected chi connectivity index (χ2v) is 7.85. The fourth-order valence-corrected chi connectivity index (χ4v) is 3.91. The van der Waals surface area contributed by atoms with Gasteiger partial charge in [0.2, 0.25) is 0 Å². The number of Topliss-reactive ketones (excluding diaryl/α,β-unsaturated/α-hetero) is 1. The summed E-state index contributed by atoms with van der Waals surface area (Å²) in [6.45, 7) is 1.91. The fraction of sp³-hybridized carbons (Fsp3) is 0.417. The lowest BCUT2D eigenvalue weighted by atomic mass is 9.85. The van der Waals surface area contributed by atoms with Crippen molar-refractivity contribution >= 4 is 17.4 Å². The number of phenolic OH excluding ortho intramolecular Hbond substituents is 1. The fourth-order valence-electron chi connectivity index (χ4n) is 3.91. The Labute approximate surface area is 167 Å². The Kier molecular flexibility index (Phi) is 6.85. The molecule has 0 spiro atoms. The van der Waals surface area contributed by atoms with Crippen molar-refractivity contribution in [2.24, 2.45) is 5.92 Å². The molecular weight excluding hydrogens is 350 g/mol. The van der Waals surface area contributed by atoms with Gasteiger partial charge in [0.25, 0.3) is 5.91 Å². The summed E-state index contributed by atoms with van der Waals surface area (Å²) in [5, 5.41) is 12.2. The maximum atomic E-state index is 12.6. The van der Waals surface area contributed by atoms with E-state index in [2.05, 4.69) is 5.32 Å². The van der Waals surface area contributed by atoms with E-state index in [1.54, 1.807) is 18.2 Å². The molecule has 0 bridgehead atoms. The smallest absolute Gasteiger partial charge is 0.255 e. The molecule has 2 N–H and O–H groups in total. The highest BCUT2D eigenvalue weighted by atomic mass is 16.3. The maximum absolute atomic E-state index is 12.6. The van der Waals surface area contributed by atoms with Crippen LogP contribution < -0.4 is 5.32 Å². The molecule has 1 amide bonds. The van der Waals surface area contributed by atoms with Crippen molar-refractivity contribution in [3.8, 4) is 5.75 Å². The van der Waals surface area contributed by atoms with Gasteiger partial charge in [-0.3, -0.25) is 9.59 Å². The molecule has 4 heteroatoms. The average molecular weight is 380 g/mol. The van der Waals surface area contributed by atoms with Crippen LogP contribution in [0, 0.1) is 12.8 Å². The number of rotatable bonds is 7. The Morgan fingerprint density at radius 1 is 1.00 bits per heavy atom. The number of carbonyl (C=O) groups is 2. The molecule has 2 aromatic carbocycles. The molecule has 0 atom stereocenters. The van der Waals surface area contributed by atoms with Crippen LogP contribution in [-0.2, 0) is 0 Å². The Hall–Kier alpha value is -2.62. The molecule has 0 aliphatic heterocycles. The number of benzene rings is 2. The van der Waals surface area contributed by atoms with E-state index in [0.717, 1.165) is 24.3 Å². The summed E-state index contributed by atoms with van der Waals surface area (Å²) in [7, 11) is 0. The van der Waals surface area contributed by atoms with E-state index >= 15 is 0 Å². The third-order valence-corrected chi connectivity index (χ3v) is 5.68. The summed E-state index contributed by atoms with van der Waals surface area (Å²) in [6.07, 6.45) is 9.29. The maximum Gasteiger partial charge on any atom is 0.255 e. The van der Waals surface area contributed by atoms with Crippen LogP contribution >= 0.6 is 0 Å². The van der Waals surface area contributed by atoms with E-state index in [-0.39, 0.29) is 17.4 Å². The second-order valence-electron chi connectivity index (χ2n) is 7.85. The molecule has 1 saturated carbocycles. The molecule has 0 saturated heterocycles. The molecule has 0 heterocycles. The molecular formula is C24H29NO3. The summed E-state index contributed by atoms with van der Waals surface area (Å²) in [5.74, 6) is 0.786. The van der Waals surface area contributed by atoms with E-state index in [9.17, 15) is 14.7 Å². The zero-order valence-corrected chi connectivity index (χ0v) is 16.5. The van der Waals surface area contributed by atoms with Crippen LogP contribution in [0.3, 0.4) is 0 Å². The van der Waals surface area contributed by atoms with Crippen molar-refractivity contribution in [3.05, 3.63) is 59.2 Å². The molecule has 148 valence electrons. The first-order chi connectivity index (χ1) is 13.5. The van der Waals surface area contributed by atoms with Gasteiger partial charge in [-0.1, -0.05) is 50.7 Å². The van der Waals surface area contributed by atoms with Gasteiger partial charge in [0.05, 0.1) is 0 Å². The highest BCUT2D eigenvalue weighted by Crippen LogP contribution is 2.28. The number of aromatic hydroxyl groups is 1. The van der Waals surface area contributed by atoms with Crippen LogP contribution in [0.25, 0.3) is 0 Å². The molecule has 0 unspecified atom stereocenters. The van der Waals surface area contributed by atoms with Crippen LogP contribution in [0.5, 0.6) is 5.75 Å². The average Bonchev–Trinajstić information content (AvgIpc) is 2.71. The van der Waals surface area contributed by atoms with E-state index in [0.29, 0.717) is 23.2 Å². The monoisotopic (exact) mass is 379 g/mol. The van der Waals surface area contributed by atoms with Crippen LogP contribution in [0.1, 0.15) is 77.6 Å². The Balaban J connectivity index is 1.59. The molecule has 0 aromatic heterocycles. The van der Waals surface area contributed by atoms with E-state index in [4.69, 9.17) is 0 Å².